The lowest BCUT2D eigenvalue weighted by molar-refractivity contribution is -0.161. The van der Waals surface area contributed by atoms with E-state index in [1.165, 1.54) is 64.2 Å². The van der Waals surface area contributed by atoms with Crippen LogP contribution in [0.15, 0.2) is 134 Å². The van der Waals surface area contributed by atoms with Gasteiger partial charge in [0.2, 0.25) is 0 Å². The summed E-state index contributed by atoms with van der Waals surface area (Å²) in [7, 11) is 0. The van der Waals surface area contributed by atoms with Crippen LogP contribution in [0.3, 0.4) is 0 Å². The first kappa shape index (κ1) is 60.0. The van der Waals surface area contributed by atoms with Crippen LogP contribution in [0, 0.1) is 0 Å². The van der Waals surface area contributed by atoms with Crippen molar-refractivity contribution in [1.82, 2.24) is 0 Å². The average Bonchev–Trinajstić information content (AvgIpc) is 3.30. The maximum absolute atomic E-state index is 12.2. The zero-order chi connectivity index (χ0) is 46.3. The third-order valence-electron chi connectivity index (χ3n) is 10.5. The fourth-order valence-corrected chi connectivity index (χ4v) is 6.62. The Morgan fingerprint density at radius 2 is 0.672 bits per heavy atom. The lowest BCUT2D eigenvalue weighted by Gasteiger charge is -2.15. The molecule has 0 bridgehead atoms. The zero-order valence-electron chi connectivity index (χ0n) is 41.0. The number of aliphatic hydroxyl groups is 1. The number of esters is 2. The number of carbonyl (C=O) groups excluding carboxylic acids is 2. The molecular formula is C59H94O5. The van der Waals surface area contributed by atoms with Crippen molar-refractivity contribution < 1.29 is 24.2 Å². The molecule has 0 saturated heterocycles. The van der Waals surface area contributed by atoms with Crippen molar-refractivity contribution in [2.45, 2.75) is 213 Å². The van der Waals surface area contributed by atoms with E-state index in [2.05, 4.69) is 148 Å². The van der Waals surface area contributed by atoms with Gasteiger partial charge < -0.3 is 14.6 Å². The minimum absolute atomic E-state index is 0.0756. The largest absolute Gasteiger partial charge is 0.462 e. The van der Waals surface area contributed by atoms with E-state index in [4.69, 9.17) is 9.47 Å². The van der Waals surface area contributed by atoms with Crippen LogP contribution >= 0.6 is 0 Å². The van der Waals surface area contributed by atoms with E-state index in [0.717, 1.165) is 116 Å². The summed E-state index contributed by atoms with van der Waals surface area (Å²) >= 11 is 0. The van der Waals surface area contributed by atoms with Crippen molar-refractivity contribution in [2.24, 2.45) is 0 Å². The Hall–Kier alpha value is -3.96. The first-order valence-electron chi connectivity index (χ1n) is 25.7. The van der Waals surface area contributed by atoms with Crippen molar-refractivity contribution in [3.8, 4) is 0 Å². The van der Waals surface area contributed by atoms with Gasteiger partial charge in [-0.1, -0.05) is 231 Å². The molecule has 1 atom stereocenters. The normalized spacial score (nSPS) is 13.4. The topological polar surface area (TPSA) is 72.8 Å². The third kappa shape index (κ3) is 50.7. The molecule has 0 amide bonds. The van der Waals surface area contributed by atoms with Crippen LogP contribution in [0.4, 0.5) is 0 Å². The zero-order valence-corrected chi connectivity index (χ0v) is 41.0. The summed E-state index contributed by atoms with van der Waals surface area (Å²) in [5.74, 6) is -0.614. The molecule has 0 rings (SSSR count). The summed E-state index contributed by atoms with van der Waals surface area (Å²) in [5, 5.41) is 9.56. The number of unbranched alkanes of at least 4 members (excludes halogenated alkanes) is 15. The first-order chi connectivity index (χ1) is 31.6. The third-order valence-corrected chi connectivity index (χ3v) is 10.5. The second-order valence-corrected chi connectivity index (χ2v) is 16.5. The van der Waals surface area contributed by atoms with Gasteiger partial charge in [-0.2, -0.15) is 0 Å². The second-order valence-electron chi connectivity index (χ2n) is 16.5. The molecule has 0 aliphatic rings. The fraction of sp³-hybridized carbons (Fsp3) is 0.593. The molecule has 0 heterocycles. The van der Waals surface area contributed by atoms with E-state index in [1.54, 1.807) is 0 Å². The molecule has 1 N–H and O–H groups in total. The SMILES string of the molecule is CC/C=C\C/C=C\C/C=C\C/C=C\C/C=C\C/C=C\C/C=C\C/C=C\C/C=C\C/C=C\C/C=C\CCCCCCCCCC(=O)OC(CO)COC(=O)CCCCCCCCCCC. The van der Waals surface area contributed by atoms with Gasteiger partial charge in [-0.3, -0.25) is 9.59 Å². The Kier molecular flexibility index (Phi) is 50.1. The van der Waals surface area contributed by atoms with Gasteiger partial charge in [0.1, 0.15) is 6.61 Å². The van der Waals surface area contributed by atoms with Crippen LogP contribution in [0.2, 0.25) is 0 Å². The highest BCUT2D eigenvalue weighted by atomic mass is 16.6. The molecule has 5 nitrogen and oxygen atoms in total. The van der Waals surface area contributed by atoms with E-state index in [-0.39, 0.29) is 25.2 Å². The minimum atomic E-state index is -0.782. The fourth-order valence-electron chi connectivity index (χ4n) is 6.62. The van der Waals surface area contributed by atoms with Crippen molar-refractivity contribution in [1.29, 1.82) is 0 Å². The monoisotopic (exact) mass is 883 g/mol. The Morgan fingerprint density at radius 1 is 0.375 bits per heavy atom. The van der Waals surface area contributed by atoms with Crippen LogP contribution < -0.4 is 0 Å². The highest BCUT2D eigenvalue weighted by Gasteiger charge is 2.16. The van der Waals surface area contributed by atoms with Crippen LogP contribution in [0.1, 0.15) is 206 Å². The predicted molar refractivity (Wildman–Crippen MR) is 278 cm³/mol. The summed E-state index contributed by atoms with van der Waals surface area (Å²) in [5.41, 5.74) is 0. The molecule has 0 radical (unpaired) electrons. The first-order valence-corrected chi connectivity index (χ1v) is 25.7. The van der Waals surface area contributed by atoms with Crippen LogP contribution in [0.25, 0.3) is 0 Å². The highest BCUT2D eigenvalue weighted by Crippen LogP contribution is 2.13. The van der Waals surface area contributed by atoms with E-state index >= 15 is 0 Å². The molecule has 64 heavy (non-hydrogen) atoms. The van der Waals surface area contributed by atoms with Crippen LogP contribution in [0.5, 0.6) is 0 Å². The summed E-state index contributed by atoms with van der Waals surface area (Å²) in [6.07, 6.45) is 79.9. The lowest BCUT2D eigenvalue weighted by atomic mass is 10.1. The van der Waals surface area contributed by atoms with Crippen molar-refractivity contribution in [3.63, 3.8) is 0 Å². The van der Waals surface area contributed by atoms with E-state index in [1.807, 2.05) is 0 Å². The highest BCUT2D eigenvalue weighted by molar-refractivity contribution is 5.70. The maximum atomic E-state index is 12.2. The molecule has 5 heteroatoms. The summed E-state index contributed by atoms with van der Waals surface area (Å²) in [4.78, 5) is 24.3. The number of aliphatic hydroxyl groups excluding tert-OH is 1. The standard InChI is InChI=1S/C59H94O5/c1-3-5-7-9-11-13-14-15-16-17-18-19-20-21-22-23-24-25-26-27-28-29-30-31-32-33-34-35-36-37-38-39-40-41-42-43-44-46-48-50-52-54-59(62)64-57(55-60)56-63-58(61)53-51-49-47-45-12-10-8-6-4-2/h5,7,11,13,15-16,18-19,21-22,24-25,27-28,30-31,33-34,36-37,39-40,57,60H,3-4,6,8-10,12,14,17,20,23,26,29,32,35,38,41-56H2,1-2H3/b7-5-,13-11-,16-15-,19-18-,22-21-,25-24-,28-27-,31-30-,34-33-,37-36-,40-39-. The van der Waals surface area contributed by atoms with E-state index < -0.39 is 6.10 Å². The van der Waals surface area contributed by atoms with Gasteiger partial charge in [0, 0.05) is 12.8 Å². The lowest BCUT2D eigenvalue weighted by Crippen LogP contribution is -2.28. The quantitative estimate of drug-likeness (QED) is 0.0375. The predicted octanol–water partition coefficient (Wildman–Crippen LogP) is 17.3. The smallest absolute Gasteiger partial charge is 0.306 e. The van der Waals surface area contributed by atoms with Crippen LogP contribution in [-0.4, -0.2) is 36.4 Å². The minimum Gasteiger partial charge on any atom is -0.462 e. The molecule has 0 aliphatic carbocycles. The number of hydrogen-bond acceptors (Lipinski definition) is 5. The molecule has 0 saturated carbocycles. The van der Waals surface area contributed by atoms with Gasteiger partial charge in [0.15, 0.2) is 6.10 Å². The van der Waals surface area contributed by atoms with Gasteiger partial charge in [-0.15, -0.1) is 0 Å². The number of allylic oxidation sites excluding steroid dienone is 22. The maximum Gasteiger partial charge on any atom is 0.306 e. The number of carbonyl (C=O) groups is 2. The number of rotatable bonds is 45. The molecular weight excluding hydrogens is 789 g/mol. The Balaban J connectivity index is 3.63. The van der Waals surface area contributed by atoms with E-state index in [9.17, 15) is 14.7 Å². The van der Waals surface area contributed by atoms with Crippen LogP contribution in [-0.2, 0) is 19.1 Å². The second kappa shape index (κ2) is 53.4. The molecule has 0 fully saturated rings. The summed E-state index contributed by atoms with van der Waals surface area (Å²) in [6.45, 7) is 3.98. The Morgan fingerprint density at radius 3 is 1.02 bits per heavy atom. The van der Waals surface area contributed by atoms with Gasteiger partial charge in [0.05, 0.1) is 6.61 Å². The molecule has 0 aromatic rings. The Bertz CT molecular complexity index is 1370. The van der Waals surface area contributed by atoms with Gasteiger partial charge in [-0.25, -0.2) is 0 Å². The number of hydrogen-bond donors (Lipinski definition) is 1. The van der Waals surface area contributed by atoms with E-state index in [0.29, 0.717) is 12.8 Å². The number of ether oxygens (including phenoxy) is 2. The van der Waals surface area contributed by atoms with Crippen molar-refractivity contribution in [3.05, 3.63) is 134 Å². The average molecular weight is 883 g/mol. The molecule has 0 aromatic heterocycles. The summed E-state index contributed by atoms with van der Waals surface area (Å²) in [6, 6.07) is 0. The molecule has 0 aromatic carbocycles. The molecule has 1 unspecified atom stereocenters. The molecule has 0 spiro atoms. The molecule has 360 valence electrons. The Labute approximate surface area is 394 Å². The van der Waals surface area contributed by atoms with Gasteiger partial charge in [-0.05, 0) is 96.3 Å². The van der Waals surface area contributed by atoms with Gasteiger partial charge in [0.25, 0.3) is 0 Å². The van der Waals surface area contributed by atoms with Crippen molar-refractivity contribution >= 4 is 11.9 Å². The molecule has 0 aliphatic heterocycles. The summed E-state index contributed by atoms with van der Waals surface area (Å²) < 4.78 is 10.6. The van der Waals surface area contributed by atoms with Crippen molar-refractivity contribution in [2.75, 3.05) is 13.2 Å². The van der Waals surface area contributed by atoms with Gasteiger partial charge >= 0.3 is 11.9 Å².